The first-order chi connectivity index (χ1) is 9.29. The fourth-order valence-electron chi connectivity index (χ4n) is 2.92. The van der Waals surface area contributed by atoms with E-state index in [2.05, 4.69) is 0 Å². The fraction of sp³-hybridized carbons (Fsp3) is 0.818. The molecule has 0 saturated carbocycles. The van der Waals surface area contributed by atoms with E-state index in [1.807, 2.05) is 0 Å². The zero-order valence-corrected chi connectivity index (χ0v) is 11.9. The van der Waals surface area contributed by atoms with Gasteiger partial charge in [-0.05, 0) is 25.7 Å². The Bertz CT molecular complexity index is 450. The van der Waals surface area contributed by atoms with E-state index in [0.29, 0.717) is 38.8 Å². The van der Waals surface area contributed by atoms with Gasteiger partial charge in [0.25, 0.3) is 0 Å². The largest absolute Gasteiger partial charge is 0.480 e. The Kier molecular flexibility index (Phi) is 4.49. The number of aliphatic carboxylic acids is 1. The Labute approximate surface area is 116 Å². The molecule has 2 atom stereocenters. The van der Waals surface area contributed by atoms with E-state index in [1.165, 1.54) is 5.01 Å². The molecule has 0 spiro atoms. The Morgan fingerprint density at radius 3 is 2.40 bits per heavy atom. The number of fused-ring (bicyclic) bond motifs is 1. The van der Waals surface area contributed by atoms with E-state index in [-0.39, 0.29) is 0 Å². The Morgan fingerprint density at radius 2 is 1.85 bits per heavy atom. The van der Waals surface area contributed by atoms with Crippen LogP contribution < -0.4 is 0 Å². The average Bonchev–Trinajstić information content (AvgIpc) is 2.48. The smallest absolute Gasteiger partial charge is 0.328 e. The summed E-state index contributed by atoms with van der Waals surface area (Å²) in [5.74, 6) is -2.35. The topological polar surface area (TPSA) is 118 Å². The number of nitrogens with zero attached hydrogens (tertiary/aromatic N) is 2. The summed E-state index contributed by atoms with van der Waals surface area (Å²) in [6, 6.07) is -0.923. The molecule has 2 aliphatic heterocycles. The highest BCUT2D eigenvalue weighted by atomic mass is 31.2. The molecule has 2 saturated heterocycles. The summed E-state index contributed by atoms with van der Waals surface area (Å²) in [4.78, 5) is 41.9. The molecule has 8 nitrogen and oxygen atoms in total. The van der Waals surface area contributed by atoms with Crippen molar-refractivity contribution in [2.75, 3.05) is 19.3 Å². The molecule has 0 unspecified atom stereocenters. The second kappa shape index (κ2) is 5.81. The lowest BCUT2D eigenvalue weighted by molar-refractivity contribution is -0.175. The third kappa shape index (κ3) is 3.38. The maximum atomic E-state index is 12.4. The van der Waals surface area contributed by atoms with Gasteiger partial charge in [-0.25, -0.2) is 9.80 Å². The summed E-state index contributed by atoms with van der Waals surface area (Å²) < 4.78 is 11.1. The minimum absolute atomic E-state index is 0.375. The number of carboxylic acid groups (broad SMARTS) is 1. The fourth-order valence-corrected chi connectivity index (χ4v) is 3.84. The van der Waals surface area contributed by atoms with Gasteiger partial charge in [0.1, 0.15) is 6.04 Å². The van der Waals surface area contributed by atoms with Crippen LogP contribution in [0.1, 0.15) is 25.7 Å². The minimum Gasteiger partial charge on any atom is -0.480 e. The summed E-state index contributed by atoms with van der Waals surface area (Å²) in [7, 11) is -4.29. The Morgan fingerprint density at radius 1 is 1.25 bits per heavy atom. The number of hydrazine groups is 1. The van der Waals surface area contributed by atoms with Crippen molar-refractivity contribution in [2.45, 2.75) is 31.7 Å². The second-order valence-corrected chi connectivity index (χ2v) is 7.01. The highest BCUT2D eigenvalue weighted by Gasteiger charge is 2.42. The van der Waals surface area contributed by atoms with E-state index in [9.17, 15) is 19.3 Å². The van der Waals surface area contributed by atoms with Crippen LogP contribution in [0, 0.1) is 5.92 Å². The maximum Gasteiger partial charge on any atom is 0.328 e. The van der Waals surface area contributed by atoms with Crippen molar-refractivity contribution in [1.82, 2.24) is 10.0 Å². The van der Waals surface area contributed by atoms with Crippen molar-refractivity contribution in [1.29, 1.82) is 0 Å². The monoisotopic (exact) mass is 306 g/mol. The number of amides is 1. The van der Waals surface area contributed by atoms with Gasteiger partial charge in [0, 0.05) is 13.1 Å². The number of rotatable bonds is 3. The zero-order valence-electron chi connectivity index (χ0n) is 11.0. The van der Waals surface area contributed by atoms with Gasteiger partial charge in [0.15, 0.2) is 0 Å². The predicted molar refractivity (Wildman–Crippen MR) is 68.7 cm³/mol. The number of carbonyl (C=O) groups is 2. The van der Waals surface area contributed by atoms with E-state index in [4.69, 9.17) is 9.79 Å². The molecule has 0 aromatic carbocycles. The van der Waals surface area contributed by atoms with Crippen molar-refractivity contribution in [2.24, 2.45) is 5.92 Å². The van der Waals surface area contributed by atoms with Crippen molar-refractivity contribution in [3.05, 3.63) is 0 Å². The molecule has 2 heterocycles. The van der Waals surface area contributed by atoms with E-state index >= 15 is 0 Å². The van der Waals surface area contributed by atoms with Crippen molar-refractivity contribution in [3.8, 4) is 0 Å². The molecule has 3 N–H and O–H groups in total. The SMILES string of the molecule is O=C(O)[C@@H]1CCCN2CCC[C@H](CP(=O)(O)O)C(=O)N12. The molecule has 2 aliphatic rings. The van der Waals surface area contributed by atoms with E-state index in [0.717, 1.165) is 0 Å². The van der Waals surface area contributed by atoms with Crippen LogP contribution in [0.3, 0.4) is 0 Å². The molecule has 0 aromatic heterocycles. The predicted octanol–water partition coefficient (Wildman–Crippen LogP) is -0.133. The molecule has 20 heavy (non-hydrogen) atoms. The normalized spacial score (nSPS) is 28.9. The lowest BCUT2D eigenvalue weighted by Crippen LogP contribution is -2.58. The van der Waals surface area contributed by atoms with E-state index in [1.54, 1.807) is 5.01 Å². The van der Waals surface area contributed by atoms with Crippen molar-refractivity contribution in [3.63, 3.8) is 0 Å². The number of hydrogen-bond donors (Lipinski definition) is 3. The van der Waals surface area contributed by atoms with Crippen LogP contribution in [0.4, 0.5) is 0 Å². The van der Waals surface area contributed by atoms with Gasteiger partial charge >= 0.3 is 13.6 Å². The van der Waals surface area contributed by atoms with Crippen LogP contribution in [-0.2, 0) is 14.2 Å². The van der Waals surface area contributed by atoms with Crippen LogP contribution in [0.25, 0.3) is 0 Å². The molecule has 0 bridgehead atoms. The standard InChI is InChI=1S/C11H19N2O6P/c14-10-8(7-20(17,18)19)3-1-5-12-6-2-4-9(11(15)16)13(10)12/h8-9H,1-7H2,(H,15,16)(H2,17,18,19)/t8-,9+/m1/s1. The molecular weight excluding hydrogens is 287 g/mol. The maximum absolute atomic E-state index is 12.4. The Balaban J connectivity index is 2.23. The molecule has 0 aliphatic carbocycles. The summed E-state index contributed by atoms with van der Waals surface area (Å²) >= 11 is 0. The van der Waals surface area contributed by atoms with Crippen molar-refractivity contribution < 1.29 is 29.0 Å². The minimum atomic E-state index is -4.29. The van der Waals surface area contributed by atoms with Gasteiger partial charge < -0.3 is 14.9 Å². The molecule has 114 valence electrons. The highest BCUT2D eigenvalue weighted by Crippen LogP contribution is 2.40. The first-order valence-corrected chi connectivity index (χ1v) is 8.44. The lowest BCUT2D eigenvalue weighted by atomic mass is 10.0. The number of carbonyl (C=O) groups excluding carboxylic acids is 1. The van der Waals surface area contributed by atoms with Gasteiger partial charge in [-0.1, -0.05) is 0 Å². The van der Waals surface area contributed by atoms with Crippen LogP contribution in [0.5, 0.6) is 0 Å². The lowest BCUT2D eigenvalue weighted by Gasteiger charge is -2.42. The quantitative estimate of drug-likeness (QED) is 0.621. The van der Waals surface area contributed by atoms with E-state index < -0.39 is 37.6 Å². The zero-order chi connectivity index (χ0) is 14.9. The first-order valence-electron chi connectivity index (χ1n) is 6.65. The third-order valence-electron chi connectivity index (χ3n) is 3.78. The molecule has 0 radical (unpaired) electrons. The number of carboxylic acids is 1. The molecular formula is C11H19N2O6P. The molecule has 2 fully saturated rings. The molecule has 9 heteroatoms. The van der Waals surface area contributed by atoms with Crippen LogP contribution in [-0.4, -0.2) is 62.1 Å². The van der Waals surface area contributed by atoms with Crippen LogP contribution in [0.15, 0.2) is 0 Å². The summed E-state index contributed by atoms with van der Waals surface area (Å²) in [6.45, 7) is 1.16. The summed E-state index contributed by atoms with van der Waals surface area (Å²) in [6.07, 6.45) is 1.56. The van der Waals surface area contributed by atoms with Gasteiger partial charge in [-0.3, -0.25) is 14.4 Å². The van der Waals surface area contributed by atoms with Gasteiger partial charge in [0.2, 0.25) is 5.91 Å². The van der Waals surface area contributed by atoms with Crippen LogP contribution in [0.2, 0.25) is 0 Å². The van der Waals surface area contributed by atoms with Crippen molar-refractivity contribution >= 4 is 19.5 Å². The van der Waals surface area contributed by atoms with Gasteiger partial charge in [-0.2, -0.15) is 0 Å². The second-order valence-electron chi connectivity index (χ2n) is 5.32. The molecule has 2 rings (SSSR count). The average molecular weight is 306 g/mol. The van der Waals surface area contributed by atoms with Gasteiger partial charge in [0.05, 0.1) is 12.1 Å². The third-order valence-corrected chi connectivity index (χ3v) is 4.70. The summed E-state index contributed by atoms with van der Waals surface area (Å²) in [5, 5.41) is 12.2. The highest BCUT2D eigenvalue weighted by molar-refractivity contribution is 7.51. The molecule has 0 aromatic rings. The van der Waals surface area contributed by atoms with Crippen LogP contribution >= 0.6 is 7.60 Å². The van der Waals surface area contributed by atoms with Gasteiger partial charge in [-0.15, -0.1) is 0 Å². The summed E-state index contributed by atoms with van der Waals surface area (Å²) in [5.41, 5.74) is 0. The molecule has 1 amide bonds. The Hall–Kier alpha value is -0.950. The first kappa shape index (κ1) is 15.4. The number of hydrogen-bond acceptors (Lipinski definition) is 4.